The number of sulfonamides is 1. The first-order valence-electron chi connectivity index (χ1n) is 8.72. The molecule has 0 radical (unpaired) electrons. The quantitative estimate of drug-likeness (QED) is 0.707. The number of fused-ring (bicyclic) bond motifs is 1. The number of nitrogens with one attached hydrogen (secondary N) is 2. The maximum atomic E-state index is 12.4. The van der Waals surface area contributed by atoms with Crippen LogP contribution in [0.3, 0.4) is 0 Å². The lowest BCUT2D eigenvalue weighted by Gasteiger charge is -2.31. The van der Waals surface area contributed by atoms with Gasteiger partial charge in [-0.15, -0.1) is 0 Å². The number of anilines is 1. The van der Waals surface area contributed by atoms with E-state index in [4.69, 9.17) is 4.42 Å². The summed E-state index contributed by atoms with van der Waals surface area (Å²) >= 11 is 0. The summed E-state index contributed by atoms with van der Waals surface area (Å²) in [5.41, 5.74) is -1.35. The first-order chi connectivity index (χ1) is 12.7. The average Bonchev–Trinajstić information content (AvgIpc) is 2.60. The summed E-state index contributed by atoms with van der Waals surface area (Å²) in [6, 6.07) is 5.51. The molecule has 0 spiro atoms. The van der Waals surface area contributed by atoms with Crippen molar-refractivity contribution in [1.29, 1.82) is 0 Å². The van der Waals surface area contributed by atoms with E-state index in [2.05, 4.69) is 10.0 Å². The smallest absolute Gasteiger partial charge is 0.287 e. The normalized spacial score (nSPS) is 16.8. The van der Waals surface area contributed by atoms with Crippen LogP contribution in [0, 0.1) is 0 Å². The van der Waals surface area contributed by atoms with Crippen molar-refractivity contribution in [3.63, 3.8) is 0 Å². The Morgan fingerprint density at radius 3 is 2.63 bits per heavy atom. The Morgan fingerprint density at radius 1 is 1.26 bits per heavy atom. The van der Waals surface area contributed by atoms with Crippen molar-refractivity contribution in [3.05, 3.63) is 40.2 Å². The molecule has 1 amide bonds. The number of carbonyl (C=O) groups excluding carboxylic acids is 1. The molecule has 2 aromatic rings. The highest BCUT2D eigenvalue weighted by Gasteiger charge is 2.30. The molecule has 9 heteroatoms. The van der Waals surface area contributed by atoms with E-state index in [1.807, 2.05) is 0 Å². The highest BCUT2D eigenvalue weighted by Crippen LogP contribution is 2.27. The fraction of sp³-hybridized carbons (Fsp3) is 0.444. The number of amides is 1. The summed E-state index contributed by atoms with van der Waals surface area (Å²) in [6.07, 6.45) is 5.06. The van der Waals surface area contributed by atoms with E-state index in [1.165, 1.54) is 18.2 Å². The molecule has 146 valence electrons. The summed E-state index contributed by atoms with van der Waals surface area (Å²) in [5, 5.41) is 13.2. The molecular weight excluding hydrogens is 372 g/mol. The third-order valence-electron chi connectivity index (χ3n) is 4.64. The molecule has 0 atom stereocenters. The summed E-state index contributed by atoms with van der Waals surface area (Å²) < 4.78 is 30.9. The Morgan fingerprint density at radius 2 is 1.96 bits per heavy atom. The lowest BCUT2D eigenvalue weighted by molar-refractivity contribution is 0.00503. The van der Waals surface area contributed by atoms with Crippen molar-refractivity contribution in [2.24, 2.45) is 0 Å². The molecular formula is C18H22N2O6S. The molecule has 1 heterocycles. The maximum Gasteiger partial charge on any atom is 0.287 e. The minimum absolute atomic E-state index is 0.0167. The van der Waals surface area contributed by atoms with Gasteiger partial charge in [0.25, 0.3) is 5.91 Å². The van der Waals surface area contributed by atoms with Gasteiger partial charge in [0.2, 0.25) is 10.0 Å². The van der Waals surface area contributed by atoms with E-state index < -0.39 is 27.0 Å². The van der Waals surface area contributed by atoms with Crippen LogP contribution in [0.1, 0.15) is 42.7 Å². The van der Waals surface area contributed by atoms with Crippen LogP contribution in [-0.4, -0.2) is 37.8 Å². The second-order valence-corrected chi connectivity index (χ2v) is 8.75. The van der Waals surface area contributed by atoms with Crippen molar-refractivity contribution in [2.45, 2.75) is 37.7 Å². The largest absolute Gasteiger partial charge is 0.448 e. The summed E-state index contributed by atoms with van der Waals surface area (Å²) in [4.78, 5) is 24.8. The van der Waals surface area contributed by atoms with Crippen LogP contribution in [0.2, 0.25) is 0 Å². The van der Waals surface area contributed by atoms with Gasteiger partial charge in [-0.1, -0.05) is 25.3 Å². The minimum Gasteiger partial charge on any atom is -0.448 e. The third-order valence-corrected chi connectivity index (χ3v) is 5.23. The molecule has 0 bridgehead atoms. The van der Waals surface area contributed by atoms with Crippen molar-refractivity contribution in [1.82, 2.24) is 5.32 Å². The van der Waals surface area contributed by atoms with Gasteiger partial charge in [0.1, 0.15) is 0 Å². The number of rotatable bonds is 5. The molecule has 1 aliphatic carbocycles. The molecule has 3 N–H and O–H groups in total. The number of hydrogen-bond donors (Lipinski definition) is 3. The van der Waals surface area contributed by atoms with Crippen molar-refractivity contribution in [3.8, 4) is 0 Å². The number of hydrogen-bond acceptors (Lipinski definition) is 6. The highest BCUT2D eigenvalue weighted by atomic mass is 32.2. The van der Waals surface area contributed by atoms with Crippen LogP contribution in [0.15, 0.2) is 33.5 Å². The number of aliphatic hydroxyl groups is 1. The van der Waals surface area contributed by atoms with Crippen LogP contribution in [0.5, 0.6) is 0 Å². The van der Waals surface area contributed by atoms with Crippen molar-refractivity contribution >= 4 is 32.6 Å². The van der Waals surface area contributed by atoms with Crippen LogP contribution >= 0.6 is 0 Å². The van der Waals surface area contributed by atoms with Crippen LogP contribution in [0.4, 0.5) is 5.69 Å². The van der Waals surface area contributed by atoms with Gasteiger partial charge in [-0.05, 0) is 25.0 Å². The van der Waals surface area contributed by atoms with Gasteiger partial charge in [-0.2, -0.15) is 0 Å². The molecule has 27 heavy (non-hydrogen) atoms. The fourth-order valence-electron chi connectivity index (χ4n) is 3.29. The predicted molar refractivity (Wildman–Crippen MR) is 101 cm³/mol. The highest BCUT2D eigenvalue weighted by molar-refractivity contribution is 7.92. The Hall–Kier alpha value is -2.39. The number of para-hydroxylation sites is 1. The van der Waals surface area contributed by atoms with Gasteiger partial charge < -0.3 is 14.8 Å². The molecule has 3 rings (SSSR count). The maximum absolute atomic E-state index is 12.4. The lowest BCUT2D eigenvalue weighted by atomic mass is 9.85. The van der Waals surface area contributed by atoms with Gasteiger partial charge in [0.05, 0.1) is 22.9 Å². The van der Waals surface area contributed by atoms with E-state index in [0.717, 1.165) is 31.6 Å². The summed E-state index contributed by atoms with van der Waals surface area (Å²) in [7, 11) is -3.59. The zero-order chi connectivity index (χ0) is 19.7. The molecule has 8 nitrogen and oxygen atoms in total. The van der Waals surface area contributed by atoms with Gasteiger partial charge in [0, 0.05) is 12.6 Å². The Balaban J connectivity index is 1.89. The Labute approximate surface area is 156 Å². The molecule has 1 saturated carbocycles. The topological polar surface area (TPSA) is 126 Å². The Bertz CT molecular complexity index is 1020. The fourth-order valence-corrected chi connectivity index (χ4v) is 3.85. The third kappa shape index (κ3) is 4.67. The number of benzene rings is 1. The number of carbonyl (C=O) groups is 1. The molecule has 1 aromatic carbocycles. The second-order valence-electron chi connectivity index (χ2n) is 7.00. The lowest BCUT2D eigenvalue weighted by Crippen LogP contribution is -2.44. The van der Waals surface area contributed by atoms with Crippen molar-refractivity contribution in [2.75, 3.05) is 17.5 Å². The van der Waals surface area contributed by atoms with Gasteiger partial charge in [0.15, 0.2) is 16.8 Å². The van der Waals surface area contributed by atoms with E-state index >= 15 is 0 Å². The molecule has 1 fully saturated rings. The molecule has 0 saturated heterocycles. The summed E-state index contributed by atoms with van der Waals surface area (Å²) in [6.45, 7) is 0.0663. The standard InChI is InChI=1S/C18H22N2O6S/c1-27(24,25)20-13-7-5-6-12-14(21)10-15(26-16(12)13)17(22)19-11-18(23)8-3-2-4-9-18/h5-7,10,20,23H,2-4,8-9,11H2,1H3,(H,19,22). The zero-order valence-electron chi connectivity index (χ0n) is 14.9. The van der Waals surface area contributed by atoms with Gasteiger partial charge in [-0.3, -0.25) is 14.3 Å². The predicted octanol–water partition coefficient (Wildman–Crippen LogP) is 1.59. The van der Waals surface area contributed by atoms with Gasteiger partial charge >= 0.3 is 0 Å². The average molecular weight is 394 g/mol. The first kappa shape index (κ1) is 19.4. The van der Waals surface area contributed by atoms with Crippen LogP contribution < -0.4 is 15.5 Å². The summed E-state index contributed by atoms with van der Waals surface area (Å²) in [5.74, 6) is -0.878. The first-order valence-corrected chi connectivity index (χ1v) is 10.6. The van der Waals surface area contributed by atoms with Crippen molar-refractivity contribution < 1.29 is 22.7 Å². The molecule has 1 aliphatic rings. The van der Waals surface area contributed by atoms with E-state index in [9.17, 15) is 23.1 Å². The molecule has 0 aliphatic heterocycles. The van der Waals surface area contributed by atoms with E-state index in [0.29, 0.717) is 12.8 Å². The van der Waals surface area contributed by atoms with Crippen LogP contribution in [0.25, 0.3) is 11.0 Å². The van der Waals surface area contributed by atoms with E-state index in [-0.39, 0.29) is 29.0 Å². The van der Waals surface area contributed by atoms with Gasteiger partial charge in [-0.25, -0.2) is 8.42 Å². The monoisotopic (exact) mass is 394 g/mol. The zero-order valence-corrected chi connectivity index (χ0v) is 15.8. The second kappa shape index (κ2) is 7.32. The van der Waals surface area contributed by atoms with Crippen LogP contribution in [-0.2, 0) is 10.0 Å². The SMILES string of the molecule is CS(=O)(=O)Nc1cccc2c(=O)cc(C(=O)NCC3(O)CCCCC3)oc12. The molecule has 0 unspecified atom stereocenters. The molecule has 1 aromatic heterocycles. The minimum atomic E-state index is -3.59. The Kier molecular flexibility index (Phi) is 5.25. The van der Waals surface area contributed by atoms with E-state index in [1.54, 1.807) is 0 Å².